The third-order valence-electron chi connectivity index (χ3n) is 4.70. The number of esters is 2. The fraction of sp³-hybridized carbons (Fsp3) is 0.619. The van der Waals surface area contributed by atoms with Crippen molar-refractivity contribution in [3.05, 3.63) is 34.4 Å². The van der Waals surface area contributed by atoms with E-state index in [2.05, 4.69) is 10.2 Å². The van der Waals surface area contributed by atoms with Crippen LogP contribution in [0, 0.1) is 13.8 Å². The predicted octanol–water partition coefficient (Wildman–Crippen LogP) is 3.48. The van der Waals surface area contributed by atoms with Crippen molar-refractivity contribution in [2.24, 2.45) is 0 Å². The number of hydrogen-bond donors (Lipinski definition) is 0. The number of nitrogens with zero attached hydrogens (tertiary/aromatic N) is 4. The normalized spacial score (nSPS) is 10.9. The van der Waals surface area contributed by atoms with Crippen LogP contribution in [0.4, 0.5) is 0 Å². The minimum atomic E-state index is -0.338. The number of carbonyl (C=O) groups excluding carboxylic acids is 2. The van der Waals surface area contributed by atoms with Crippen molar-refractivity contribution in [3.8, 4) is 0 Å². The first-order chi connectivity index (χ1) is 13.9. The summed E-state index contributed by atoms with van der Waals surface area (Å²) in [5, 5.41) is 8.88. The van der Waals surface area contributed by atoms with Crippen molar-refractivity contribution in [2.75, 3.05) is 13.2 Å². The maximum Gasteiger partial charge on any atom is 0.356 e. The van der Waals surface area contributed by atoms with E-state index in [0.29, 0.717) is 37.7 Å². The Labute approximate surface area is 172 Å². The second-order valence-corrected chi connectivity index (χ2v) is 6.87. The second-order valence-electron chi connectivity index (χ2n) is 6.87. The van der Waals surface area contributed by atoms with Crippen LogP contribution in [0.1, 0.15) is 78.0 Å². The Morgan fingerprint density at radius 3 is 2.28 bits per heavy atom. The van der Waals surface area contributed by atoms with E-state index in [9.17, 15) is 9.59 Å². The average Bonchev–Trinajstić information content (AvgIpc) is 3.21. The van der Waals surface area contributed by atoms with E-state index in [-0.39, 0.29) is 11.9 Å². The molecule has 8 heteroatoms. The number of aromatic nitrogens is 4. The molecule has 0 aliphatic carbocycles. The van der Waals surface area contributed by atoms with Crippen LogP contribution in [-0.4, -0.2) is 44.7 Å². The van der Waals surface area contributed by atoms with Crippen LogP contribution >= 0.6 is 0 Å². The molecule has 0 aliphatic rings. The summed E-state index contributed by atoms with van der Waals surface area (Å²) < 4.78 is 13.8. The van der Waals surface area contributed by atoms with Gasteiger partial charge in [0.25, 0.3) is 0 Å². The number of unbranched alkanes of at least 4 members (excludes halogenated alkanes) is 2. The van der Waals surface area contributed by atoms with Gasteiger partial charge >= 0.3 is 11.9 Å². The Hall–Kier alpha value is -2.64. The van der Waals surface area contributed by atoms with Gasteiger partial charge in [-0.15, -0.1) is 0 Å². The number of aryl methyl sites for hydroxylation is 4. The monoisotopic (exact) mass is 404 g/mol. The maximum atomic E-state index is 12.4. The van der Waals surface area contributed by atoms with Crippen molar-refractivity contribution >= 4 is 11.9 Å². The summed E-state index contributed by atoms with van der Waals surface area (Å²) >= 11 is 0. The molecule has 0 amide bonds. The molecule has 160 valence electrons. The summed E-state index contributed by atoms with van der Waals surface area (Å²) in [6, 6.07) is 1.76. The van der Waals surface area contributed by atoms with E-state index in [0.717, 1.165) is 42.6 Å². The Balaban J connectivity index is 1.95. The molecule has 2 aromatic rings. The van der Waals surface area contributed by atoms with Crippen LogP contribution in [0.2, 0.25) is 0 Å². The van der Waals surface area contributed by atoms with Crippen LogP contribution in [-0.2, 0) is 29.0 Å². The molecule has 2 aromatic heterocycles. The van der Waals surface area contributed by atoms with Crippen molar-refractivity contribution < 1.29 is 19.1 Å². The highest BCUT2D eigenvalue weighted by molar-refractivity contribution is 5.89. The largest absolute Gasteiger partial charge is 0.461 e. The van der Waals surface area contributed by atoms with E-state index in [1.165, 1.54) is 0 Å². The highest BCUT2D eigenvalue weighted by Gasteiger charge is 2.21. The molecule has 2 heterocycles. The predicted molar refractivity (Wildman–Crippen MR) is 109 cm³/mol. The summed E-state index contributed by atoms with van der Waals surface area (Å²) in [7, 11) is 0. The van der Waals surface area contributed by atoms with Gasteiger partial charge in [0, 0.05) is 18.7 Å². The van der Waals surface area contributed by atoms with E-state index in [1.807, 2.05) is 20.8 Å². The SMILES string of the molecule is CCOC(=O)c1cc(C)nn1CCCCCc1c(C)nn(CC)c1C(=O)OCC. The van der Waals surface area contributed by atoms with Gasteiger partial charge in [0.15, 0.2) is 0 Å². The Morgan fingerprint density at radius 1 is 0.931 bits per heavy atom. The fourth-order valence-corrected chi connectivity index (χ4v) is 3.40. The zero-order chi connectivity index (χ0) is 21.4. The highest BCUT2D eigenvalue weighted by Crippen LogP contribution is 2.19. The van der Waals surface area contributed by atoms with E-state index < -0.39 is 0 Å². The number of rotatable bonds is 11. The molecule has 0 N–H and O–H groups in total. The molecule has 2 rings (SSSR count). The highest BCUT2D eigenvalue weighted by atomic mass is 16.5. The average molecular weight is 405 g/mol. The molecule has 0 unspecified atom stereocenters. The van der Waals surface area contributed by atoms with Crippen molar-refractivity contribution in [1.29, 1.82) is 0 Å². The lowest BCUT2D eigenvalue weighted by atomic mass is 10.0. The topological polar surface area (TPSA) is 88.2 Å². The lowest BCUT2D eigenvalue weighted by Gasteiger charge is -2.08. The first-order valence-corrected chi connectivity index (χ1v) is 10.4. The van der Waals surface area contributed by atoms with Gasteiger partial charge in [-0.1, -0.05) is 6.42 Å². The lowest BCUT2D eigenvalue weighted by Crippen LogP contribution is -2.14. The Kier molecular flexibility index (Phi) is 8.42. The van der Waals surface area contributed by atoms with Crippen LogP contribution in [0.15, 0.2) is 6.07 Å². The molecule has 8 nitrogen and oxygen atoms in total. The zero-order valence-corrected chi connectivity index (χ0v) is 18.2. The summed E-state index contributed by atoms with van der Waals surface area (Å²) in [4.78, 5) is 24.4. The third-order valence-corrected chi connectivity index (χ3v) is 4.70. The molecule has 0 atom stereocenters. The van der Waals surface area contributed by atoms with Gasteiger partial charge in [0.05, 0.1) is 24.6 Å². The van der Waals surface area contributed by atoms with Gasteiger partial charge < -0.3 is 9.47 Å². The van der Waals surface area contributed by atoms with Crippen LogP contribution < -0.4 is 0 Å². The van der Waals surface area contributed by atoms with Gasteiger partial charge in [-0.3, -0.25) is 9.36 Å². The standard InChI is InChI=1S/C21H32N4O4/c1-6-24-19(21(27)29-8-3)17(16(5)23-24)12-10-9-11-13-25-18(14-15(4)22-25)20(26)28-7-2/h14H,6-13H2,1-5H3. The number of hydrogen-bond acceptors (Lipinski definition) is 6. The molecule has 29 heavy (non-hydrogen) atoms. The molecule has 0 bridgehead atoms. The summed E-state index contributed by atoms with van der Waals surface area (Å²) in [6.45, 7) is 11.3. The minimum Gasteiger partial charge on any atom is -0.461 e. The van der Waals surface area contributed by atoms with Crippen molar-refractivity contribution in [3.63, 3.8) is 0 Å². The smallest absolute Gasteiger partial charge is 0.356 e. The Morgan fingerprint density at radius 2 is 1.62 bits per heavy atom. The van der Waals surface area contributed by atoms with Gasteiger partial charge in [-0.2, -0.15) is 10.2 Å². The van der Waals surface area contributed by atoms with Crippen LogP contribution in [0.5, 0.6) is 0 Å². The maximum absolute atomic E-state index is 12.4. The molecule has 0 saturated heterocycles. The second kappa shape index (κ2) is 10.8. The molecular formula is C21H32N4O4. The van der Waals surface area contributed by atoms with E-state index in [1.54, 1.807) is 29.3 Å². The fourth-order valence-electron chi connectivity index (χ4n) is 3.40. The summed E-state index contributed by atoms with van der Waals surface area (Å²) in [5.41, 5.74) is 3.71. The quantitative estimate of drug-likeness (QED) is 0.421. The molecule has 0 spiro atoms. The van der Waals surface area contributed by atoms with Gasteiger partial charge in [0.1, 0.15) is 11.4 Å². The van der Waals surface area contributed by atoms with E-state index >= 15 is 0 Å². The van der Waals surface area contributed by atoms with Crippen molar-refractivity contribution in [2.45, 2.75) is 73.4 Å². The van der Waals surface area contributed by atoms with Crippen molar-refractivity contribution in [1.82, 2.24) is 19.6 Å². The van der Waals surface area contributed by atoms with Crippen LogP contribution in [0.25, 0.3) is 0 Å². The Bertz CT molecular complexity index is 838. The van der Waals surface area contributed by atoms with Crippen LogP contribution in [0.3, 0.4) is 0 Å². The first kappa shape index (κ1) is 22.6. The summed E-state index contributed by atoms with van der Waals surface area (Å²) in [6.07, 6.45) is 3.50. The number of ether oxygens (including phenoxy) is 2. The molecule has 0 aromatic carbocycles. The zero-order valence-electron chi connectivity index (χ0n) is 18.2. The molecule has 0 saturated carbocycles. The summed E-state index contributed by atoms with van der Waals surface area (Å²) in [5.74, 6) is -0.647. The number of carbonyl (C=O) groups is 2. The molecule has 0 fully saturated rings. The minimum absolute atomic E-state index is 0.309. The van der Waals surface area contributed by atoms with E-state index in [4.69, 9.17) is 9.47 Å². The third kappa shape index (κ3) is 5.68. The van der Waals surface area contributed by atoms with Gasteiger partial charge in [-0.25, -0.2) is 9.59 Å². The molecule has 0 aliphatic heterocycles. The van der Waals surface area contributed by atoms with Gasteiger partial charge in [-0.05, 0) is 59.9 Å². The molecular weight excluding hydrogens is 372 g/mol. The first-order valence-electron chi connectivity index (χ1n) is 10.4. The van der Waals surface area contributed by atoms with Gasteiger partial charge in [0.2, 0.25) is 0 Å². The lowest BCUT2D eigenvalue weighted by molar-refractivity contribution is 0.0501. The molecule has 0 radical (unpaired) electrons.